The zero-order chi connectivity index (χ0) is 25.8. The molecular weight excluding hydrogens is 710 g/mol. The molecule has 1 aliphatic heterocycles. The lowest BCUT2D eigenvalue weighted by Gasteiger charge is -2.14. The van der Waals surface area contributed by atoms with Gasteiger partial charge < -0.3 is 9.47 Å². The standard InChI is InChI=1S/C25H18I2N2O6S/c1-34-21-11-17(10-20(27)23(21)35-14-15-5-7-18(26)8-6-15)12-22-24(30)28(25(31)36-22)13-16-3-2-4-19(9-16)29(32)33/h2-12H,13-14H2,1H3/b22-12+. The van der Waals surface area contributed by atoms with Gasteiger partial charge in [0, 0.05) is 15.7 Å². The molecule has 0 unspecified atom stereocenters. The van der Waals surface area contributed by atoms with Crippen molar-refractivity contribution in [3.63, 3.8) is 0 Å². The van der Waals surface area contributed by atoms with E-state index in [1.165, 1.54) is 18.2 Å². The fraction of sp³-hybridized carbons (Fsp3) is 0.120. The summed E-state index contributed by atoms with van der Waals surface area (Å²) in [7, 11) is 1.54. The third-order valence-electron chi connectivity index (χ3n) is 5.18. The van der Waals surface area contributed by atoms with E-state index in [-0.39, 0.29) is 17.1 Å². The summed E-state index contributed by atoms with van der Waals surface area (Å²) in [6.07, 6.45) is 1.63. The molecule has 1 heterocycles. The first-order chi connectivity index (χ1) is 17.2. The molecule has 3 aromatic carbocycles. The van der Waals surface area contributed by atoms with Gasteiger partial charge in [-0.1, -0.05) is 24.3 Å². The first-order valence-corrected chi connectivity index (χ1v) is 13.5. The van der Waals surface area contributed by atoms with Gasteiger partial charge in [0.1, 0.15) is 6.61 Å². The lowest BCUT2D eigenvalue weighted by Crippen LogP contribution is -2.27. The van der Waals surface area contributed by atoms with Crippen LogP contribution in [0, 0.1) is 17.3 Å². The van der Waals surface area contributed by atoms with Crippen LogP contribution in [-0.2, 0) is 17.9 Å². The molecule has 36 heavy (non-hydrogen) atoms. The number of non-ortho nitro benzene ring substituents is 1. The van der Waals surface area contributed by atoms with E-state index >= 15 is 0 Å². The number of rotatable bonds is 8. The van der Waals surface area contributed by atoms with Crippen LogP contribution >= 0.6 is 56.9 Å². The Bertz CT molecular complexity index is 1380. The average Bonchev–Trinajstić information content (AvgIpc) is 3.11. The highest BCUT2D eigenvalue weighted by Crippen LogP contribution is 2.38. The molecule has 3 aromatic rings. The topological polar surface area (TPSA) is 99.0 Å². The van der Waals surface area contributed by atoms with E-state index in [0.29, 0.717) is 29.2 Å². The fourth-order valence-electron chi connectivity index (χ4n) is 3.44. The smallest absolute Gasteiger partial charge is 0.293 e. The van der Waals surface area contributed by atoms with Gasteiger partial charge in [-0.3, -0.25) is 24.6 Å². The number of halogens is 2. The van der Waals surface area contributed by atoms with Crippen LogP contribution in [0.25, 0.3) is 6.08 Å². The van der Waals surface area contributed by atoms with Crippen LogP contribution in [0.15, 0.2) is 65.6 Å². The molecule has 2 amide bonds. The van der Waals surface area contributed by atoms with Crippen molar-refractivity contribution in [2.75, 3.05) is 7.11 Å². The van der Waals surface area contributed by atoms with Crippen molar-refractivity contribution in [2.24, 2.45) is 0 Å². The molecule has 1 fully saturated rings. The normalized spacial score (nSPS) is 14.4. The van der Waals surface area contributed by atoms with Gasteiger partial charge in [-0.2, -0.15) is 0 Å². The molecule has 0 saturated carbocycles. The number of imide groups is 1. The molecule has 4 rings (SSSR count). The van der Waals surface area contributed by atoms with Crippen molar-refractivity contribution < 1.29 is 24.0 Å². The molecule has 0 N–H and O–H groups in total. The van der Waals surface area contributed by atoms with Gasteiger partial charge in [0.25, 0.3) is 16.8 Å². The molecule has 8 nitrogen and oxygen atoms in total. The number of amides is 2. The number of nitro benzene ring substituents is 1. The Morgan fingerprint density at radius 3 is 2.50 bits per heavy atom. The molecule has 0 bridgehead atoms. The first kappa shape index (κ1) is 26.4. The quantitative estimate of drug-likeness (QED) is 0.111. The Morgan fingerprint density at radius 2 is 1.81 bits per heavy atom. The Labute approximate surface area is 238 Å². The molecule has 0 atom stereocenters. The number of nitrogens with zero attached hydrogens (tertiary/aromatic N) is 2. The van der Waals surface area contributed by atoms with Crippen molar-refractivity contribution in [3.05, 3.63) is 99.5 Å². The van der Waals surface area contributed by atoms with Crippen molar-refractivity contribution in [1.29, 1.82) is 0 Å². The maximum absolute atomic E-state index is 13.0. The predicted octanol–water partition coefficient (Wildman–Crippen LogP) is 6.63. The van der Waals surface area contributed by atoms with E-state index in [4.69, 9.17) is 9.47 Å². The SMILES string of the molecule is COc1cc(/C=C2/SC(=O)N(Cc3cccc([N+](=O)[O-])c3)C2=O)cc(I)c1OCc1ccc(I)cc1. The maximum atomic E-state index is 13.0. The van der Waals surface area contributed by atoms with Gasteiger partial charge in [-0.15, -0.1) is 0 Å². The summed E-state index contributed by atoms with van der Waals surface area (Å²) in [5.41, 5.74) is 2.10. The number of ether oxygens (including phenoxy) is 2. The second-order valence-electron chi connectivity index (χ2n) is 7.64. The largest absolute Gasteiger partial charge is 0.493 e. The minimum Gasteiger partial charge on any atom is -0.493 e. The molecule has 0 spiro atoms. The van der Waals surface area contributed by atoms with Crippen LogP contribution in [0.3, 0.4) is 0 Å². The monoisotopic (exact) mass is 728 g/mol. The van der Waals surface area contributed by atoms with Crippen molar-refractivity contribution in [1.82, 2.24) is 4.90 Å². The van der Waals surface area contributed by atoms with Crippen LogP contribution < -0.4 is 9.47 Å². The molecule has 0 aliphatic carbocycles. The number of hydrogen-bond donors (Lipinski definition) is 0. The van der Waals surface area contributed by atoms with Gasteiger partial charge >= 0.3 is 0 Å². The third-order valence-corrected chi connectivity index (χ3v) is 7.61. The average molecular weight is 728 g/mol. The Morgan fingerprint density at radius 1 is 1.06 bits per heavy atom. The van der Waals surface area contributed by atoms with Gasteiger partial charge in [0.2, 0.25) is 0 Å². The van der Waals surface area contributed by atoms with E-state index in [1.54, 1.807) is 25.3 Å². The van der Waals surface area contributed by atoms with Crippen molar-refractivity contribution in [3.8, 4) is 11.5 Å². The van der Waals surface area contributed by atoms with Gasteiger partial charge in [-0.05, 0) is 104 Å². The zero-order valence-corrected chi connectivity index (χ0v) is 23.9. The second-order valence-corrected chi connectivity index (χ2v) is 11.0. The highest BCUT2D eigenvalue weighted by molar-refractivity contribution is 14.1. The number of methoxy groups -OCH3 is 1. The summed E-state index contributed by atoms with van der Waals surface area (Å²) in [4.78, 5) is 37.4. The Hall–Kier alpha value is -2.65. The number of benzene rings is 3. The summed E-state index contributed by atoms with van der Waals surface area (Å²) in [5, 5.41) is 10.6. The van der Waals surface area contributed by atoms with Crippen LogP contribution in [0.4, 0.5) is 10.5 Å². The summed E-state index contributed by atoms with van der Waals surface area (Å²) in [5.74, 6) is 0.645. The van der Waals surface area contributed by atoms with E-state index in [9.17, 15) is 19.7 Å². The Kier molecular flexibility index (Phi) is 8.51. The van der Waals surface area contributed by atoms with E-state index in [2.05, 4.69) is 45.2 Å². The highest BCUT2D eigenvalue weighted by atomic mass is 127. The summed E-state index contributed by atoms with van der Waals surface area (Å²) < 4.78 is 13.5. The maximum Gasteiger partial charge on any atom is 0.293 e. The molecule has 1 aliphatic rings. The molecule has 1 saturated heterocycles. The van der Waals surface area contributed by atoms with Crippen LogP contribution in [-0.4, -0.2) is 28.1 Å². The molecule has 0 aromatic heterocycles. The van der Waals surface area contributed by atoms with Crippen LogP contribution in [0.2, 0.25) is 0 Å². The number of carbonyl (C=O) groups excluding carboxylic acids is 2. The van der Waals surface area contributed by atoms with Gasteiger partial charge in [0.05, 0.1) is 27.1 Å². The molecular formula is C25H18I2N2O6S. The Balaban J connectivity index is 1.52. The zero-order valence-electron chi connectivity index (χ0n) is 18.8. The molecule has 184 valence electrons. The van der Waals surface area contributed by atoms with Gasteiger partial charge in [-0.25, -0.2) is 0 Å². The van der Waals surface area contributed by atoms with Crippen LogP contribution in [0.5, 0.6) is 11.5 Å². The first-order valence-electron chi connectivity index (χ1n) is 10.5. The lowest BCUT2D eigenvalue weighted by molar-refractivity contribution is -0.384. The fourth-order valence-corrected chi connectivity index (χ4v) is 5.42. The van der Waals surface area contributed by atoms with E-state index in [1.807, 2.05) is 30.3 Å². The highest BCUT2D eigenvalue weighted by Gasteiger charge is 2.35. The molecule has 11 heteroatoms. The summed E-state index contributed by atoms with van der Waals surface area (Å²) in [6, 6.07) is 17.5. The number of hydrogen-bond acceptors (Lipinski definition) is 7. The lowest BCUT2D eigenvalue weighted by atomic mass is 10.1. The second kappa shape index (κ2) is 11.6. The summed E-state index contributed by atoms with van der Waals surface area (Å²) >= 11 is 5.22. The predicted molar refractivity (Wildman–Crippen MR) is 154 cm³/mol. The number of thioether (sulfide) groups is 1. The van der Waals surface area contributed by atoms with Crippen LogP contribution in [0.1, 0.15) is 16.7 Å². The number of nitro groups is 1. The minimum absolute atomic E-state index is 0.0458. The molecule has 0 radical (unpaired) electrons. The van der Waals surface area contributed by atoms with Crippen molar-refractivity contribution in [2.45, 2.75) is 13.2 Å². The van der Waals surface area contributed by atoms with Gasteiger partial charge in [0.15, 0.2) is 11.5 Å². The van der Waals surface area contributed by atoms with E-state index in [0.717, 1.165) is 29.4 Å². The minimum atomic E-state index is -0.514. The summed E-state index contributed by atoms with van der Waals surface area (Å²) in [6.45, 7) is 0.328. The van der Waals surface area contributed by atoms with Crippen molar-refractivity contribution >= 4 is 79.9 Å². The third kappa shape index (κ3) is 6.18. The number of carbonyl (C=O) groups is 2. The van der Waals surface area contributed by atoms with E-state index < -0.39 is 16.1 Å².